The van der Waals surface area contributed by atoms with Gasteiger partial charge in [-0.2, -0.15) is 0 Å². The normalized spacial score (nSPS) is 16.9. The molecule has 1 fully saturated rings. The minimum atomic E-state index is 0.558. The SMILES string of the molecule is Cc1[nH]c(C2CCNCC2)nc1-c1ccccn1. The second-order valence-corrected chi connectivity index (χ2v) is 4.83. The first-order valence-corrected chi connectivity index (χ1v) is 6.53. The van der Waals surface area contributed by atoms with E-state index in [9.17, 15) is 0 Å². The van der Waals surface area contributed by atoms with Crippen LogP contribution >= 0.6 is 0 Å². The van der Waals surface area contributed by atoms with Gasteiger partial charge in [-0.05, 0) is 45.0 Å². The molecule has 18 heavy (non-hydrogen) atoms. The first-order chi connectivity index (χ1) is 8.84. The van der Waals surface area contributed by atoms with Crippen LogP contribution in [0.2, 0.25) is 0 Å². The Labute approximate surface area is 107 Å². The van der Waals surface area contributed by atoms with E-state index in [2.05, 4.69) is 22.2 Å². The first kappa shape index (κ1) is 11.4. The average molecular weight is 242 g/mol. The molecule has 1 saturated heterocycles. The van der Waals surface area contributed by atoms with E-state index in [1.165, 1.54) is 0 Å². The Morgan fingerprint density at radius 3 is 2.78 bits per heavy atom. The second-order valence-electron chi connectivity index (χ2n) is 4.83. The number of aromatic nitrogens is 3. The fourth-order valence-corrected chi connectivity index (χ4v) is 2.52. The number of imidazole rings is 1. The van der Waals surface area contributed by atoms with E-state index in [1.807, 2.05) is 24.4 Å². The van der Waals surface area contributed by atoms with Crippen LogP contribution in [0.3, 0.4) is 0 Å². The van der Waals surface area contributed by atoms with Crippen LogP contribution in [0, 0.1) is 6.92 Å². The molecule has 0 spiro atoms. The summed E-state index contributed by atoms with van der Waals surface area (Å²) in [6.07, 6.45) is 4.14. The molecule has 1 aliphatic rings. The molecule has 94 valence electrons. The summed E-state index contributed by atoms with van der Waals surface area (Å²) in [6, 6.07) is 5.94. The van der Waals surface area contributed by atoms with Crippen molar-refractivity contribution < 1.29 is 0 Å². The molecule has 0 bridgehead atoms. The van der Waals surface area contributed by atoms with Crippen LogP contribution in [0.15, 0.2) is 24.4 Å². The lowest BCUT2D eigenvalue weighted by Crippen LogP contribution is -2.27. The zero-order chi connectivity index (χ0) is 12.4. The van der Waals surface area contributed by atoms with Gasteiger partial charge >= 0.3 is 0 Å². The number of hydrogen-bond donors (Lipinski definition) is 2. The lowest BCUT2D eigenvalue weighted by Gasteiger charge is -2.20. The molecular weight excluding hydrogens is 224 g/mol. The van der Waals surface area contributed by atoms with Gasteiger partial charge in [0, 0.05) is 17.8 Å². The minimum absolute atomic E-state index is 0.558. The van der Waals surface area contributed by atoms with E-state index in [0.717, 1.165) is 48.8 Å². The fourth-order valence-electron chi connectivity index (χ4n) is 2.52. The van der Waals surface area contributed by atoms with E-state index in [0.29, 0.717) is 5.92 Å². The summed E-state index contributed by atoms with van der Waals surface area (Å²) >= 11 is 0. The van der Waals surface area contributed by atoms with Crippen LogP contribution in [0.5, 0.6) is 0 Å². The Morgan fingerprint density at radius 1 is 1.22 bits per heavy atom. The predicted molar refractivity (Wildman–Crippen MR) is 71.4 cm³/mol. The summed E-state index contributed by atoms with van der Waals surface area (Å²) in [5, 5.41) is 3.38. The van der Waals surface area contributed by atoms with Gasteiger partial charge in [-0.25, -0.2) is 4.98 Å². The molecule has 4 nitrogen and oxygen atoms in total. The molecule has 0 saturated carbocycles. The summed E-state index contributed by atoms with van der Waals surface area (Å²) in [7, 11) is 0. The van der Waals surface area contributed by atoms with Crippen LogP contribution in [0.1, 0.15) is 30.3 Å². The van der Waals surface area contributed by atoms with E-state index >= 15 is 0 Å². The molecule has 3 heterocycles. The Hall–Kier alpha value is -1.68. The number of aryl methyl sites for hydroxylation is 1. The van der Waals surface area contributed by atoms with Crippen molar-refractivity contribution in [2.45, 2.75) is 25.7 Å². The summed E-state index contributed by atoms with van der Waals surface area (Å²) < 4.78 is 0. The van der Waals surface area contributed by atoms with Crippen molar-refractivity contribution in [3.63, 3.8) is 0 Å². The molecule has 3 rings (SSSR count). The third kappa shape index (κ3) is 2.16. The van der Waals surface area contributed by atoms with Gasteiger partial charge in [0.05, 0.1) is 5.69 Å². The van der Waals surface area contributed by atoms with Gasteiger partial charge in [0.2, 0.25) is 0 Å². The monoisotopic (exact) mass is 242 g/mol. The van der Waals surface area contributed by atoms with E-state index in [-0.39, 0.29) is 0 Å². The largest absolute Gasteiger partial charge is 0.345 e. The molecule has 0 amide bonds. The molecule has 0 aliphatic carbocycles. The molecule has 2 aromatic rings. The Morgan fingerprint density at radius 2 is 2.06 bits per heavy atom. The number of H-pyrrole nitrogens is 1. The Kier molecular flexibility index (Phi) is 3.11. The Bertz CT molecular complexity index is 512. The molecule has 0 radical (unpaired) electrons. The highest BCUT2D eigenvalue weighted by Gasteiger charge is 2.20. The van der Waals surface area contributed by atoms with Gasteiger partial charge in [0.1, 0.15) is 11.5 Å². The van der Waals surface area contributed by atoms with Crippen molar-refractivity contribution in [3.05, 3.63) is 35.9 Å². The van der Waals surface area contributed by atoms with Crippen molar-refractivity contribution >= 4 is 0 Å². The number of nitrogens with zero attached hydrogens (tertiary/aromatic N) is 2. The van der Waals surface area contributed by atoms with Gasteiger partial charge in [-0.3, -0.25) is 4.98 Å². The van der Waals surface area contributed by atoms with Crippen molar-refractivity contribution in [3.8, 4) is 11.4 Å². The van der Waals surface area contributed by atoms with Crippen LogP contribution < -0.4 is 5.32 Å². The second kappa shape index (κ2) is 4.90. The van der Waals surface area contributed by atoms with Crippen molar-refractivity contribution in [2.75, 3.05) is 13.1 Å². The van der Waals surface area contributed by atoms with Gasteiger partial charge in [-0.15, -0.1) is 0 Å². The van der Waals surface area contributed by atoms with Crippen LogP contribution in [0.4, 0.5) is 0 Å². The number of pyridine rings is 1. The number of hydrogen-bond acceptors (Lipinski definition) is 3. The fraction of sp³-hybridized carbons (Fsp3) is 0.429. The van der Waals surface area contributed by atoms with Gasteiger partial charge in [0.25, 0.3) is 0 Å². The van der Waals surface area contributed by atoms with E-state index < -0.39 is 0 Å². The van der Waals surface area contributed by atoms with Gasteiger partial charge < -0.3 is 10.3 Å². The molecule has 0 atom stereocenters. The highest BCUT2D eigenvalue weighted by atomic mass is 15.0. The zero-order valence-electron chi connectivity index (χ0n) is 10.6. The quantitative estimate of drug-likeness (QED) is 0.849. The number of nitrogens with one attached hydrogen (secondary N) is 2. The third-order valence-electron chi connectivity index (χ3n) is 3.54. The third-order valence-corrected chi connectivity index (χ3v) is 3.54. The minimum Gasteiger partial charge on any atom is -0.345 e. The van der Waals surface area contributed by atoms with Crippen LogP contribution in [0.25, 0.3) is 11.4 Å². The Balaban J connectivity index is 1.91. The first-order valence-electron chi connectivity index (χ1n) is 6.53. The smallest absolute Gasteiger partial charge is 0.110 e. The summed E-state index contributed by atoms with van der Waals surface area (Å²) in [5.41, 5.74) is 3.05. The molecule has 2 aromatic heterocycles. The molecule has 0 aromatic carbocycles. The molecule has 2 N–H and O–H groups in total. The maximum atomic E-state index is 4.76. The van der Waals surface area contributed by atoms with Gasteiger partial charge in [0.15, 0.2) is 0 Å². The summed E-state index contributed by atoms with van der Waals surface area (Å²) in [4.78, 5) is 12.6. The molecule has 1 aliphatic heterocycles. The van der Waals surface area contributed by atoms with E-state index in [4.69, 9.17) is 4.98 Å². The summed E-state index contributed by atoms with van der Waals surface area (Å²) in [5.74, 6) is 1.68. The number of piperidine rings is 1. The lowest BCUT2D eigenvalue weighted by molar-refractivity contribution is 0.447. The maximum absolute atomic E-state index is 4.76. The van der Waals surface area contributed by atoms with Crippen molar-refractivity contribution in [1.82, 2.24) is 20.3 Å². The molecule has 4 heteroatoms. The van der Waals surface area contributed by atoms with Crippen LogP contribution in [-0.2, 0) is 0 Å². The van der Waals surface area contributed by atoms with Crippen molar-refractivity contribution in [1.29, 1.82) is 0 Å². The standard InChI is InChI=1S/C14H18N4/c1-10-13(12-4-2-3-7-16-12)18-14(17-10)11-5-8-15-9-6-11/h2-4,7,11,15H,5-6,8-9H2,1H3,(H,17,18). The average Bonchev–Trinajstić information content (AvgIpc) is 2.83. The zero-order valence-corrected chi connectivity index (χ0v) is 10.6. The van der Waals surface area contributed by atoms with Crippen molar-refractivity contribution in [2.24, 2.45) is 0 Å². The molecule has 0 unspecified atom stereocenters. The van der Waals surface area contributed by atoms with Gasteiger partial charge in [-0.1, -0.05) is 6.07 Å². The lowest BCUT2D eigenvalue weighted by atomic mass is 9.98. The highest BCUT2D eigenvalue weighted by molar-refractivity contribution is 5.57. The van der Waals surface area contributed by atoms with Crippen LogP contribution in [-0.4, -0.2) is 28.0 Å². The maximum Gasteiger partial charge on any atom is 0.110 e. The summed E-state index contributed by atoms with van der Waals surface area (Å²) in [6.45, 7) is 4.24. The highest BCUT2D eigenvalue weighted by Crippen LogP contribution is 2.26. The topological polar surface area (TPSA) is 53.6 Å². The predicted octanol–water partition coefficient (Wildman–Crippen LogP) is 2.25. The number of aromatic amines is 1. The molecular formula is C14H18N4. The number of rotatable bonds is 2. The van der Waals surface area contributed by atoms with E-state index in [1.54, 1.807) is 0 Å².